The summed E-state index contributed by atoms with van der Waals surface area (Å²) in [7, 11) is 1.57. The fourth-order valence-electron chi connectivity index (χ4n) is 3.19. The van der Waals surface area contributed by atoms with Crippen molar-refractivity contribution in [3.63, 3.8) is 0 Å². The topological polar surface area (TPSA) is 55.6 Å². The maximum atomic E-state index is 14.7. The molecule has 2 aromatic heterocycles. The fourth-order valence-corrected chi connectivity index (χ4v) is 3.19. The second-order valence-electron chi connectivity index (χ2n) is 6.97. The molecular weight excluding hydrogens is 410 g/mol. The molecule has 0 saturated heterocycles. The van der Waals surface area contributed by atoms with Crippen molar-refractivity contribution in [1.29, 1.82) is 0 Å². The van der Waals surface area contributed by atoms with Crippen LogP contribution in [0.25, 0.3) is 22.5 Å². The molecule has 0 atom stereocenters. The molecule has 0 spiro atoms. The van der Waals surface area contributed by atoms with Gasteiger partial charge < -0.3 is 5.32 Å². The molecule has 1 N–H and O–H groups in total. The number of hydrogen-bond acceptors (Lipinski definition) is 4. The lowest BCUT2D eigenvalue weighted by atomic mass is 10.1. The first-order valence-corrected chi connectivity index (χ1v) is 9.29. The van der Waals surface area contributed by atoms with E-state index in [4.69, 9.17) is 0 Å². The summed E-state index contributed by atoms with van der Waals surface area (Å²) in [6.07, 6.45) is -2.84. The van der Waals surface area contributed by atoms with E-state index < -0.39 is 17.6 Å². The molecule has 0 bridgehead atoms. The number of anilines is 2. The SMILES string of the molecule is Cc1cc(-c2ccc(Nc3nc(-c4cccc(C(F)(F)F)c4)n(C)n3)cc2F)ccn1. The van der Waals surface area contributed by atoms with Gasteiger partial charge in [-0.1, -0.05) is 12.1 Å². The minimum atomic E-state index is -4.46. The number of aryl methyl sites for hydroxylation is 2. The summed E-state index contributed by atoms with van der Waals surface area (Å²) < 4.78 is 55.0. The minimum absolute atomic E-state index is 0.141. The summed E-state index contributed by atoms with van der Waals surface area (Å²) in [5, 5.41) is 7.07. The van der Waals surface area contributed by atoms with Gasteiger partial charge in [-0.15, -0.1) is 5.10 Å². The molecule has 9 heteroatoms. The molecule has 4 rings (SSSR count). The Hall–Kier alpha value is -3.75. The summed E-state index contributed by atoms with van der Waals surface area (Å²) in [4.78, 5) is 8.37. The second-order valence-corrected chi connectivity index (χ2v) is 6.97. The molecule has 4 aromatic rings. The summed E-state index contributed by atoms with van der Waals surface area (Å²) in [5.74, 6) is -0.0515. The molecule has 0 saturated carbocycles. The first kappa shape index (κ1) is 20.5. The lowest BCUT2D eigenvalue weighted by molar-refractivity contribution is -0.137. The largest absolute Gasteiger partial charge is 0.416 e. The van der Waals surface area contributed by atoms with Crippen LogP contribution in [0.15, 0.2) is 60.8 Å². The lowest BCUT2D eigenvalue weighted by Crippen LogP contribution is -2.05. The van der Waals surface area contributed by atoms with Crippen molar-refractivity contribution in [3.05, 3.63) is 77.9 Å². The van der Waals surface area contributed by atoms with Gasteiger partial charge in [-0.25, -0.2) is 9.07 Å². The highest BCUT2D eigenvalue weighted by atomic mass is 19.4. The predicted octanol–water partition coefficient (Wildman–Crippen LogP) is 5.75. The van der Waals surface area contributed by atoms with Crippen LogP contribution < -0.4 is 5.32 Å². The maximum Gasteiger partial charge on any atom is 0.416 e. The van der Waals surface area contributed by atoms with Gasteiger partial charge in [-0.05, 0) is 55.0 Å². The van der Waals surface area contributed by atoms with Crippen LogP contribution in [0, 0.1) is 12.7 Å². The summed E-state index contributed by atoms with van der Waals surface area (Å²) in [6, 6.07) is 13.0. The van der Waals surface area contributed by atoms with Gasteiger partial charge >= 0.3 is 6.18 Å². The average Bonchev–Trinajstić information content (AvgIpc) is 3.07. The van der Waals surface area contributed by atoms with Crippen molar-refractivity contribution in [3.8, 4) is 22.5 Å². The van der Waals surface area contributed by atoms with Crippen LogP contribution >= 0.6 is 0 Å². The Morgan fingerprint density at radius 3 is 2.48 bits per heavy atom. The van der Waals surface area contributed by atoms with Gasteiger partial charge in [-0.2, -0.15) is 18.2 Å². The molecule has 31 heavy (non-hydrogen) atoms. The van der Waals surface area contributed by atoms with E-state index in [1.165, 1.54) is 22.9 Å². The molecule has 0 aliphatic heterocycles. The van der Waals surface area contributed by atoms with Crippen molar-refractivity contribution < 1.29 is 17.6 Å². The Morgan fingerprint density at radius 2 is 1.77 bits per heavy atom. The van der Waals surface area contributed by atoms with Crippen molar-refractivity contribution >= 4 is 11.6 Å². The molecule has 0 fully saturated rings. The standard InChI is InChI=1S/C22H17F4N5/c1-13-10-14(8-9-27-13)18-7-6-17(12-19(18)23)28-21-29-20(31(2)30-21)15-4-3-5-16(11-15)22(24,25)26/h3-12H,1-2H3,(H,28,30). The molecule has 0 amide bonds. The van der Waals surface area contributed by atoms with Gasteiger partial charge in [-0.3, -0.25) is 4.98 Å². The Morgan fingerprint density at radius 1 is 0.968 bits per heavy atom. The Bertz CT molecular complexity index is 1250. The number of rotatable bonds is 4. The highest BCUT2D eigenvalue weighted by molar-refractivity contribution is 5.68. The number of halogens is 4. The Kier molecular flexibility index (Phi) is 5.18. The maximum absolute atomic E-state index is 14.7. The van der Waals surface area contributed by atoms with Crippen LogP contribution in [-0.2, 0) is 13.2 Å². The van der Waals surface area contributed by atoms with Gasteiger partial charge in [0.1, 0.15) is 5.82 Å². The number of nitrogens with one attached hydrogen (secondary N) is 1. The average molecular weight is 427 g/mol. The van der Waals surface area contributed by atoms with Crippen molar-refractivity contribution in [2.75, 3.05) is 5.32 Å². The smallest absolute Gasteiger partial charge is 0.323 e. The van der Waals surface area contributed by atoms with E-state index in [0.717, 1.165) is 17.8 Å². The number of nitrogens with zero attached hydrogens (tertiary/aromatic N) is 4. The molecule has 0 aliphatic rings. The van der Waals surface area contributed by atoms with Crippen molar-refractivity contribution in [2.24, 2.45) is 7.05 Å². The third-order valence-electron chi connectivity index (χ3n) is 4.64. The first-order valence-electron chi connectivity index (χ1n) is 9.29. The van der Waals surface area contributed by atoms with E-state index in [0.29, 0.717) is 16.8 Å². The zero-order valence-corrected chi connectivity index (χ0v) is 16.6. The van der Waals surface area contributed by atoms with E-state index in [2.05, 4.69) is 20.4 Å². The zero-order valence-electron chi connectivity index (χ0n) is 16.6. The van der Waals surface area contributed by atoms with Crippen molar-refractivity contribution in [1.82, 2.24) is 19.7 Å². The van der Waals surface area contributed by atoms with E-state index in [-0.39, 0.29) is 17.3 Å². The van der Waals surface area contributed by atoms with Crippen LogP contribution in [0.1, 0.15) is 11.3 Å². The monoisotopic (exact) mass is 427 g/mol. The lowest BCUT2D eigenvalue weighted by Gasteiger charge is -2.08. The van der Waals surface area contributed by atoms with Gasteiger partial charge in [0.15, 0.2) is 5.82 Å². The summed E-state index contributed by atoms with van der Waals surface area (Å²) in [6.45, 7) is 1.83. The molecule has 0 unspecified atom stereocenters. The van der Waals surface area contributed by atoms with E-state index in [9.17, 15) is 17.6 Å². The number of benzene rings is 2. The highest BCUT2D eigenvalue weighted by Gasteiger charge is 2.30. The van der Waals surface area contributed by atoms with Crippen LogP contribution in [0.2, 0.25) is 0 Å². The number of hydrogen-bond donors (Lipinski definition) is 1. The number of pyridine rings is 1. The van der Waals surface area contributed by atoms with E-state index in [1.54, 1.807) is 37.5 Å². The summed E-state index contributed by atoms with van der Waals surface area (Å²) in [5.41, 5.74) is 1.82. The Labute approximate surface area is 175 Å². The van der Waals surface area contributed by atoms with Crippen LogP contribution in [0.4, 0.5) is 29.2 Å². The molecule has 5 nitrogen and oxygen atoms in total. The molecule has 0 radical (unpaired) electrons. The van der Waals surface area contributed by atoms with E-state index in [1.807, 2.05) is 6.92 Å². The normalized spacial score (nSPS) is 11.5. The van der Waals surface area contributed by atoms with Gasteiger partial charge in [0, 0.05) is 35.8 Å². The van der Waals surface area contributed by atoms with E-state index >= 15 is 0 Å². The van der Waals surface area contributed by atoms with Crippen molar-refractivity contribution in [2.45, 2.75) is 13.1 Å². The molecule has 2 aromatic carbocycles. The van der Waals surface area contributed by atoms with Crippen LogP contribution in [0.3, 0.4) is 0 Å². The molecule has 2 heterocycles. The second kappa shape index (κ2) is 7.82. The zero-order chi connectivity index (χ0) is 22.2. The molecule has 158 valence electrons. The van der Waals surface area contributed by atoms with Gasteiger partial charge in [0.2, 0.25) is 5.95 Å². The molecule has 0 aliphatic carbocycles. The third-order valence-corrected chi connectivity index (χ3v) is 4.64. The van der Waals surface area contributed by atoms with Gasteiger partial charge in [0.25, 0.3) is 0 Å². The van der Waals surface area contributed by atoms with Crippen LogP contribution in [-0.4, -0.2) is 19.7 Å². The molecular formula is C22H17F4N5. The van der Waals surface area contributed by atoms with Gasteiger partial charge in [0.05, 0.1) is 5.56 Å². The quantitative estimate of drug-likeness (QED) is 0.421. The fraction of sp³-hybridized carbons (Fsp3) is 0.136. The third kappa shape index (κ3) is 4.40. The first-order chi connectivity index (χ1) is 14.7. The summed E-state index contributed by atoms with van der Waals surface area (Å²) >= 11 is 0. The Balaban J connectivity index is 1.60. The van der Waals surface area contributed by atoms with Crippen LogP contribution in [0.5, 0.6) is 0 Å². The number of aromatic nitrogens is 4. The highest BCUT2D eigenvalue weighted by Crippen LogP contribution is 2.32. The predicted molar refractivity (Wildman–Crippen MR) is 109 cm³/mol. The number of alkyl halides is 3. The minimum Gasteiger partial charge on any atom is -0.323 e.